The Bertz CT molecular complexity index is 440. The predicted octanol–water partition coefficient (Wildman–Crippen LogP) is 2.09. The Morgan fingerprint density at radius 1 is 1.50 bits per heavy atom. The van der Waals surface area contributed by atoms with Gasteiger partial charge in [0.15, 0.2) is 0 Å². The van der Waals surface area contributed by atoms with Gasteiger partial charge in [-0.25, -0.2) is 4.79 Å². The highest BCUT2D eigenvalue weighted by Crippen LogP contribution is 2.19. The topological polar surface area (TPSA) is 52.6 Å². The third kappa shape index (κ3) is 1.86. The number of amides is 1. The van der Waals surface area contributed by atoms with E-state index in [1.165, 1.54) is 10.5 Å². The number of nitrogens with one attached hydrogen (secondary N) is 1. The normalized spacial score (nSPS) is 13.4. The first-order chi connectivity index (χ1) is 7.72. The number of rotatable bonds is 2. The van der Waals surface area contributed by atoms with E-state index in [2.05, 4.69) is 5.32 Å². The number of fused-ring (bicyclic) bond motifs is 1. The van der Waals surface area contributed by atoms with Crippen LogP contribution in [0.2, 0.25) is 0 Å². The van der Waals surface area contributed by atoms with Crippen LogP contribution in [0.15, 0.2) is 30.1 Å². The maximum Gasteiger partial charge on any atom is 0.412 e. The highest BCUT2D eigenvalue weighted by atomic mass is 16.4. The lowest BCUT2D eigenvalue weighted by Gasteiger charge is -2.26. The molecule has 2 N–H and O–H groups in total. The minimum Gasteiger partial charge on any atom is -0.465 e. The molecule has 0 atom stereocenters. The summed E-state index contributed by atoms with van der Waals surface area (Å²) in [4.78, 5) is 12.3. The summed E-state index contributed by atoms with van der Waals surface area (Å²) in [7, 11) is 0. The van der Waals surface area contributed by atoms with E-state index >= 15 is 0 Å². The maximum atomic E-state index is 11.0. The lowest BCUT2D eigenvalue weighted by molar-refractivity contribution is 0.157. The molecule has 84 valence electrons. The largest absolute Gasteiger partial charge is 0.465 e. The van der Waals surface area contributed by atoms with Gasteiger partial charge in [-0.1, -0.05) is 24.3 Å². The van der Waals surface area contributed by atoms with E-state index in [0.717, 1.165) is 5.56 Å². The van der Waals surface area contributed by atoms with Crippen molar-refractivity contribution in [2.24, 2.45) is 0 Å². The Hall–Kier alpha value is -1.97. The summed E-state index contributed by atoms with van der Waals surface area (Å²) in [5.74, 6) is 0.647. The molecule has 4 nitrogen and oxygen atoms in total. The summed E-state index contributed by atoms with van der Waals surface area (Å²) in [6.45, 7) is 2.93. The van der Waals surface area contributed by atoms with Gasteiger partial charge in [0.05, 0.1) is 0 Å². The van der Waals surface area contributed by atoms with E-state index in [9.17, 15) is 4.79 Å². The second-order valence-corrected chi connectivity index (χ2v) is 3.61. The Balaban J connectivity index is 2.33. The van der Waals surface area contributed by atoms with Crippen molar-refractivity contribution in [3.8, 4) is 0 Å². The smallest absolute Gasteiger partial charge is 0.412 e. The molecule has 4 heteroatoms. The van der Waals surface area contributed by atoms with Crippen molar-refractivity contribution >= 4 is 12.2 Å². The SMILES string of the molecule is CCN(C(=O)O)C1=Cc2ccccc2CN1. The maximum absolute atomic E-state index is 11.0. The minimum absolute atomic E-state index is 0.441. The molecule has 16 heavy (non-hydrogen) atoms. The van der Waals surface area contributed by atoms with Crippen LogP contribution in [-0.4, -0.2) is 22.6 Å². The Morgan fingerprint density at radius 3 is 2.94 bits per heavy atom. The lowest BCUT2D eigenvalue weighted by atomic mass is 10.0. The second-order valence-electron chi connectivity index (χ2n) is 3.61. The van der Waals surface area contributed by atoms with Crippen LogP contribution >= 0.6 is 0 Å². The van der Waals surface area contributed by atoms with Gasteiger partial charge in [0.2, 0.25) is 0 Å². The average molecular weight is 218 g/mol. The number of nitrogens with zero attached hydrogens (tertiary/aromatic N) is 1. The molecule has 1 aliphatic heterocycles. The van der Waals surface area contributed by atoms with Gasteiger partial charge < -0.3 is 10.4 Å². The van der Waals surface area contributed by atoms with Crippen LogP contribution in [0.1, 0.15) is 18.1 Å². The van der Waals surface area contributed by atoms with Crippen molar-refractivity contribution in [2.45, 2.75) is 13.5 Å². The minimum atomic E-state index is -0.930. The highest BCUT2D eigenvalue weighted by molar-refractivity contribution is 5.71. The third-order valence-corrected chi connectivity index (χ3v) is 2.65. The molecule has 1 aromatic carbocycles. The van der Waals surface area contributed by atoms with Crippen molar-refractivity contribution in [2.75, 3.05) is 6.54 Å². The Kier molecular flexibility index (Phi) is 2.81. The van der Waals surface area contributed by atoms with Gasteiger partial charge in [-0.3, -0.25) is 4.90 Å². The quantitative estimate of drug-likeness (QED) is 0.799. The van der Waals surface area contributed by atoms with E-state index in [1.807, 2.05) is 37.3 Å². The Morgan fingerprint density at radius 2 is 2.25 bits per heavy atom. The van der Waals surface area contributed by atoms with Crippen molar-refractivity contribution in [3.05, 3.63) is 41.2 Å². The zero-order valence-electron chi connectivity index (χ0n) is 9.10. The van der Waals surface area contributed by atoms with Gasteiger partial charge in [-0.15, -0.1) is 0 Å². The van der Waals surface area contributed by atoms with Crippen molar-refractivity contribution in [3.63, 3.8) is 0 Å². The molecule has 0 saturated heterocycles. The molecular weight excluding hydrogens is 204 g/mol. The highest BCUT2D eigenvalue weighted by Gasteiger charge is 2.18. The van der Waals surface area contributed by atoms with Crippen LogP contribution < -0.4 is 5.32 Å². The molecular formula is C12H14N2O2. The molecule has 0 aromatic heterocycles. The number of benzene rings is 1. The molecule has 1 heterocycles. The summed E-state index contributed by atoms with van der Waals surface area (Å²) in [5, 5.41) is 12.1. The van der Waals surface area contributed by atoms with Gasteiger partial charge in [0, 0.05) is 13.1 Å². The lowest BCUT2D eigenvalue weighted by Crippen LogP contribution is -2.36. The molecule has 0 unspecified atom stereocenters. The number of hydrogen-bond donors (Lipinski definition) is 2. The molecule has 1 aromatic rings. The van der Waals surface area contributed by atoms with Crippen molar-refractivity contribution in [1.29, 1.82) is 0 Å². The summed E-state index contributed by atoms with van der Waals surface area (Å²) in [5.41, 5.74) is 2.27. The summed E-state index contributed by atoms with van der Waals surface area (Å²) in [6.07, 6.45) is 0.942. The standard InChI is InChI=1S/C12H14N2O2/c1-2-14(12(15)16)11-7-9-5-3-4-6-10(9)8-13-11/h3-7,13H,2,8H2,1H3,(H,15,16). The predicted molar refractivity (Wildman–Crippen MR) is 61.7 cm³/mol. The van der Waals surface area contributed by atoms with E-state index in [0.29, 0.717) is 18.9 Å². The summed E-state index contributed by atoms with van der Waals surface area (Å²) in [6, 6.07) is 7.96. The summed E-state index contributed by atoms with van der Waals surface area (Å²) < 4.78 is 0. The molecule has 1 aliphatic rings. The van der Waals surface area contributed by atoms with Crippen molar-refractivity contribution in [1.82, 2.24) is 10.2 Å². The number of carbonyl (C=O) groups is 1. The molecule has 2 rings (SSSR count). The van der Waals surface area contributed by atoms with E-state index in [1.54, 1.807) is 0 Å². The van der Waals surface area contributed by atoms with E-state index < -0.39 is 6.09 Å². The van der Waals surface area contributed by atoms with Gasteiger partial charge in [-0.05, 0) is 24.1 Å². The van der Waals surface area contributed by atoms with Gasteiger partial charge in [0.1, 0.15) is 5.82 Å². The number of hydrogen-bond acceptors (Lipinski definition) is 2. The molecule has 1 amide bonds. The van der Waals surface area contributed by atoms with Gasteiger partial charge in [0.25, 0.3) is 0 Å². The Labute approximate surface area is 94.2 Å². The van der Waals surface area contributed by atoms with Crippen molar-refractivity contribution < 1.29 is 9.90 Å². The molecule has 0 bridgehead atoms. The number of carboxylic acid groups (broad SMARTS) is 1. The fourth-order valence-corrected chi connectivity index (χ4v) is 1.80. The van der Waals surface area contributed by atoms with Crippen LogP contribution in [0.25, 0.3) is 6.08 Å². The van der Waals surface area contributed by atoms with Crippen LogP contribution in [-0.2, 0) is 6.54 Å². The average Bonchev–Trinajstić information content (AvgIpc) is 2.29. The fourth-order valence-electron chi connectivity index (χ4n) is 1.80. The van der Waals surface area contributed by atoms with E-state index in [4.69, 9.17) is 5.11 Å². The van der Waals surface area contributed by atoms with Gasteiger partial charge in [-0.2, -0.15) is 0 Å². The van der Waals surface area contributed by atoms with Crippen LogP contribution in [0.5, 0.6) is 0 Å². The summed E-state index contributed by atoms with van der Waals surface area (Å²) >= 11 is 0. The zero-order valence-corrected chi connectivity index (χ0v) is 9.10. The first-order valence-electron chi connectivity index (χ1n) is 5.26. The molecule has 0 radical (unpaired) electrons. The second kappa shape index (κ2) is 4.26. The fraction of sp³-hybridized carbons (Fsp3) is 0.250. The molecule has 0 aliphatic carbocycles. The van der Waals surface area contributed by atoms with E-state index in [-0.39, 0.29) is 0 Å². The van der Waals surface area contributed by atoms with Gasteiger partial charge >= 0.3 is 6.09 Å². The van der Waals surface area contributed by atoms with Crippen LogP contribution in [0.4, 0.5) is 4.79 Å². The van der Waals surface area contributed by atoms with Crippen LogP contribution in [0.3, 0.4) is 0 Å². The molecule has 0 spiro atoms. The molecule has 0 fully saturated rings. The third-order valence-electron chi connectivity index (χ3n) is 2.65. The first-order valence-corrected chi connectivity index (χ1v) is 5.26. The monoisotopic (exact) mass is 218 g/mol. The first kappa shape index (κ1) is 10.5. The zero-order chi connectivity index (χ0) is 11.5. The van der Waals surface area contributed by atoms with Crippen LogP contribution in [0, 0.1) is 0 Å². The molecule has 0 saturated carbocycles.